The topological polar surface area (TPSA) is 73.4 Å². The van der Waals surface area contributed by atoms with E-state index in [1.807, 2.05) is 24.3 Å². The molecule has 1 aromatic carbocycles. The Balaban J connectivity index is 1.80. The maximum atomic E-state index is 13.8. The molecule has 128 valence electrons. The average Bonchev–Trinajstić information content (AvgIpc) is 3.16. The lowest BCUT2D eigenvalue weighted by Gasteiger charge is -2.19. The Morgan fingerprint density at radius 3 is 2.92 bits per heavy atom. The zero-order chi connectivity index (χ0) is 17.3. The van der Waals surface area contributed by atoms with Crippen LogP contribution in [0.15, 0.2) is 24.5 Å². The van der Waals surface area contributed by atoms with Gasteiger partial charge < -0.3 is 9.64 Å². The second kappa shape index (κ2) is 6.46. The Morgan fingerprint density at radius 1 is 1.50 bits per heavy atom. The molecule has 1 atom stereocenters. The van der Waals surface area contributed by atoms with Crippen LogP contribution in [-0.2, 0) is 13.5 Å². The van der Waals surface area contributed by atoms with Crippen molar-refractivity contribution in [2.24, 2.45) is 13.0 Å². The molecule has 0 saturated carbocycles. The highest BCUT2D eigenvalue weighted by molar-refractivity contribution is 5.66. The van der Waals surface area contributed by atoms with Gasteiger partial charge in [-0.15, -0.1) is 0 Å². The van der Waals surface area contributed by atoms with E-state index in [1.165, 1.54) is 13.2 Å². The fourth-order valence-electron chi connectivity index (χ4n) is 3.22. The van der Waals surface area contributed by atoms with Gasteiger partial charge in [0.2, 0.25) is 0 Å². The van der Waals surface area contributed by atoms with Gasteiger partial charge in [0.1, 0.15) is 5.69 Å². The molecule has 0 amide bonds. The van der Waals surface area contributed by atoms with E-state index in [-0.39, 0.29) is 11.4 Å². The number of anilines is 1. The molecule has 1 saturated heterocycles. The van der Waals surface area contributed by atoms with Gasteiger partial charge >= 0.3 is 0 Å². The number of aromatic nitrogens is 2. The summed E-state index contributed by atoms with van der Waals surface area (Å²) in [5.41, 5.74) is 1.33. The van der Waals surface area contributed by atoms with Crippen LogP contribution in [0.1, 0.15) is 12.0 Å². The van der Waals surface area contributed by atoms with E-state index in [2.05, 4.69) is 5.10 Å². The van der Waals surface area contributed by atoms with Crippen LogP contribution in [-0.4, -0.2) is 34.9 Å². The number of aryl methyl sites for hydroxylation is 1. The molecule has 8 heteroatoms. The van der Waals surface area contributed by atoms with Crippen molar-refractivity contribution in [2.45, 2.75) is 12.8 Å². The van der Waals surface area contributed by atoms with Crippen molar-refractivity contribution in [3.63, 3.8) is 0 Å². The van der Waals surface area contributed by atoms with E-state index < -0.39 is 10.7 Å². The summed E-state index contributed by atoms with van der Waals surface area (Å²) in [6.07, 6.45) is 5.61. The summed E-state index contributed by atoms with van der Waals surface area (Å²) in [5.74, 6) is -0.324. The minimum absolute atomic E-state index is 0.0197. The molecule has 0 aliphatic carbocycles. The number of methoxy groups -OCH3 is 1. The third-order valence-corrected chi connectivity index (χ3v) is 4.35. The predicted molar refractivity (Wildman–Crippen MR) is 86.8 cm³/mol. The summed E-state index contributed by atoms with van der Waals surface area (Å²) in [6.45, 7) is 1.38. The van der Waals surface area contributed by atoms with Crippen LogP contribution in [0, 0.1) is 21.8 Å². The van der Waals surface area contributed by atoms with E-state index in [0.29, 0.717) is 24.7 Å². The van der Waals surface area contributed by atoms with Crippen LogP contribution in [0.4, 0.5) is 15.8 Å². The minimum atomic E-state index is -0.723. The van der Waals surface area contributed by atoms with Gasteiger partial charge in [-0.05, 0) is 24.3 Å². The Labute approximate surface area is 138 Å². The molecule has 2 aromatic rings. The van der Waals surface area contributed by atoms with Crippen molar-refractivity contribution in [3.05, 3.63) is 46.0 Å². The van der Waals surface area contributed by atoms with E-state index >= 15 is 0 Å². The number of hydrogen-bond acceptors (Lipinski definition) is 5. The first-order chi connectivity index (χ1) is 11.5. The summed E-state index contributed by atoms with van der Waals surface area (Å²) in [6, 6.07) is 2.35. The predicted octanol–water partition coefficient (Wildman–Crippen LogP) is 2.55. The summed E-state index contributed by atoms with van der Waals surface area (Å²) in [7, 11) is 3.22. The summed E-state index contributed by atoms with van der Waals surface area (Å²) < 4.78 is 20.5. The van der Waals surface area contributed by atoms with E-state index in [4.69, 9.17) is 4.74 Å². The van der Waals surface area contributed by atoms with Gasteiger partial charge in [0.15, 0.2) is 11.6 Å². The smallest absolute Gasteiger partial charge is 0.295 e. The standard InChI is InChI=1S/C16H19FN4O3/c1-19-9-12(8-18-19)5-11-3-4-20(10-11)14-7-16(24-2)13(17)6-15(14)21(22)23/h6-9,11H,3-5,10H2,1-2H3/t11-/m1/s1. The molecule has 3 rings (SSSR count). The highest BCUT2D eigenvalue weighted by Gasteiger charge is 2.29. The van der Waals surface area contributed by atoms with Gasteiger partial charge in [-0.3, -0.25) is 14.8 Å². The normalized spacial score (nSPS) is 17.3. The largest absolute Gasteiger partial charge is 0.494 e. The molecule has 0 N–H and O–H groups in total. The summed E-state index contributed by atoms with van der Waals surface area (Å²) >= 11 is 0. The molecule has 0 spiro atoms. The van der Waals surface area contributed by atoms with Gasteiger partial charge in [-0.2, -0.15) is 5.10 Å². The molecule has 0 bridgehead atoms. The molecule has 2 heterocycles. The number of ether oxygens (including phenoxy) is 1. The molecular weight excluding hydrogens is 315 g/mol. The Bertz CT molecular complexity index is 762. The molecule has 0 unspecified atom stereocenters. The van der Waals surface area contributed by atoms with Crippen LogP contribution >= 0.6 is 0 Å². The monoisotopic (exact) mass is 334 g/mol. The van der Waals surface area contributed by atoms with Gasteiger partial charge in [-0.1, -0.05) is 0 Å². The number of rotatable bonds is 5. The number of nitro groups is 1. The van der Waals surface area contributed by atoms with E-state index in [1.54, 1.807) is 4.68 Å². The minimum Gasteiger partial charge on any atom is -0.494 e. The maximum Gasteiger partial charge on any atom is 0.295 e. The molecule has 1 aliphatic rings. The first-order valence-corrected chi connectivity index (χ1v) is 7.72. The number of benzene rings is 1. The Kier molecular flexibility index (Phi) is 4.37. The fourth-order valence-corrected chi connectivity index (χ4v) is 3.22. The van der Waals surface area contributed by atoms with E-state index in [0.717, 1.165) is 24.5 Å². The van der Waals surface area contributed by atoms with Crippen LogP contribution in [0.3, 0.4) is 0 Å². The van der Waals surface area contributed by atoms with Crippen molar-refractivity contribution in [1.29, 1.82) is 0 Å². The number of nitro benzene ring substituents is 1. The van der Waals surface area contributed by atoms with Crippen molar-refractivity contribution in [3.8, 4) is 5.75 Å². The van der Waals surface area contributed by atoms with Crippen molar-refractivity contribution in [1.82, 2.24) is 9.78 Å². The molecule has 7 nitrogen and oxygen atoms in total. The van der Waals surface area contributed by atoms with Crippen LogP contribution in [0.2, 0.25) is 0 Å². The highest BCUT2D eigenvalue weighted by Crippen LogP contribution is 2.37. The Hall–Kier alpha value is -2.64. The van der Waals surface area contributed by atoms with Crippen LogP contribution < -0.4 is 9.64 Å². The molecule has 1 aromatic heterocycles. The number of halogens is 1. The van der Waals surface area contributed by atoms with E-state index in [9.17, 15) is 14.5 Å². The fraction of sp³-hybridized carbons (Fsp3) is 0.438. The molecule has 1 fully saturated rings. The average molecular weight is 334 g/mol. The second-order valence-corrected chi connectivity index (χ2v) is 6.06. The zero-order valence-corrected chi connectivity index (χ0v) is 13.6. The Morgan fingerprint density at radius 2 is 2.29 bits per heavy atom. The number of nitrogens with zero attached hydrogens (tertiary/aromatic N) is 4. The van der Waals surface area contributed by atoms with Crippen LogP contribution in [0.25, 0.3) is 0 Å². The third kappa shape index (κ3) is 3.17. The van der Waals surface area contributed by atoms with Crippen molar-refractivity contribution in [2.75, 3.05) is 25.1 Å². The first-order valence-electron chi connectivity index (χ1n) is 7.72. The summed E-state index contributed by atoms with van der Waals surface area (Å²) in [4.78, 5) is 12.6. The molecule has 24 heavy (non-hydrogen) atoms. The molecule has 0 radical (unpaired) electrons. The van der Waals surface area contributed by atoms with Crippen molar-refractivity contribution >= 4 is 11.4 Å². The van der Waals surface area contributed by atoms with Crippen molar-refractivity contribution < 1.29 is 14.1 Å². The molecular formula is C16H19FN4O3. The van der Waals surface area contributed by atoms with Crippen LogP contribution in [0.5, 0.6) is 5.75 Å². The SMILES string of the molecule is COc1cc(N2CC[C@H](Cc3cnn(C)c3)C2)c([N+](=O)[O-])cc1F. The maximum absolute atomic E-state index is 13.8. The molecule has 1 aliphatic heterocycles. The lowest BCUT2D eigenvalue weighted by molar-refractivity contribution is -0.384. The van der Waals surface area contributed by atoms with Gasteiger partial charge in [0.25, 0.3) is 5.69 Å². The lowest BCUT2D eigenvalue weighted by atomic mass is 10.0. The zero-order valence-electron chi connectivity index (χ0n) is 13.6. The lowest BCUT2D eigenvalue weighted by Crippen LogP contribution is -2.21. The van der Waals surface area contributed by atoms with Gasteiger partial charge in [0.05, 0.1) is 24.3 Å². The highest BCUT2D eigenvalue weighted by atomic mass is 19.1. The first kappa shape index (κ1) is 16.2. The van der Waals surface area contributed by atoms with Gasteiger partial charge in [-0.25, -0.2) is 4.39 Å². The third-order valence-electron chi connectivity index (χ3n) is 4.35. The van der Waals surface area contributed by atoms with Gasteiger partial charge in [0, 0.05) is 32.4 Å². The number of hydrogen-bond donors (Lipinski definition) is 0. The quantitative estimate of drug-likeness (QED) is 0.620. The second-order valence-electron chi connectivity index (χ2n) is 6.06. The summed E-state index contributed by atoms with van der Waals surface area (Å²) in [5, 5.41) is 15.4.